The number of hydrogen-bond acceptors (Lipinski definition) is 3. The molecule has 19 heavy (non-hydrogen) atoms. The number of hydrogen-bond donors (Lipinski definition) is 1. The Balaban J connectivity index is 2.50. The third kappa shape index (κ3) is 3.09. The van der Waals surface area contributed by atoms with Gasteiger partial charge in [0.1, 0.15) is 4.60 Å². The molecule has 5 nitrogen and oxygen atoms in total. The fourth-order valence-corrected chi connectivity index (χ4v) is 3.71. The lowest BCUT2D eigenvalue weighted by Gasteiger charge is -2.04. The molecule has 1 aromatic carbocycles. The van der Waals surface area contributed by atoms with Gasteiger partial charge in [-0.05, 0) is 57.1 Å². The summed E-state index contributed by atoms with van der Waals surface area (Å²) in [5, 5.41) is 14.5. The third-order valence-corrected chi connectivity index (χ3v) is 4.13. The Bertz CT molecular complexity index is 627. The predicted molar refractivity (Wildman–Crippen MR) is 83.6 cm³/mol. The van der Waals surface area contributed by atoms with E-state index in [2.05, 4.69) is 43.6 Å². The highest BCUT2D eigenvalue weighted by Gasteiger charge is 2.15. The molecule has 102 valence electrons. The van der Waals surface area contributed by atoms with E-state index in [-0.39, 0.29) is 5.56 Å². The van der Waals surface area contributed by atoms with Crippen LogP contribution >= 0.6 is 38.5 Å². The first-order chi connectivity index (χ1) is 9.04. The second kappa shape index (κ2) is 6.19. The van der Waals surface area contributed by atoms with E-state index in [0.717, 1.165) is 25.5 Å². The van der Waals surface area contributed by atoms with Crippen molar-refractivity contribution in [1.29, 1.82) is 0 Å². The van der Waals surface area contributed by atoms with Crippen molar-refractivity contribution in [3.63, 3.8) is 0 Å². The topological polar surface area (TPSA) is 64.4 Å². The van der Waals surface area contributed by atoms with Gasteiger partial charge in [0.15, 0.2) is 0 Å². The highest BCUT2D eigenvalue weighted by Crippen LogP contribution is 2.29. The molecule has 0 atom stereocenters. The summed E-state index contributed by atoms with van der Waals surface area (Å²) in [7, 11) is 1.66. The predicted octanol–water partition coefficient (Wildman–Crippen LogP) is 3.14. The molecule has 0 aliphatic rings. The number of benzene rings is 1. The number of nitrogens with zero attached hydrogens (tertiary/aromatic N) is 2. The lowest BCUT2D eigenvalue weighted by molar-refractivity contribution is 0.0697. The molecule has 0 fully saturated rings. The first kappa shape index (κ1) is 14.7. The molecular weight excluding hydrogens is 427 g/mol. The lowest BCUT2D eigenvalue weighted by atomic mass is 10.1. The molecule has 1 N–H and O–H groups in total. The molecule has 0 bridgehead atoms. The number of carboxylic acids is 1. The number of aromatic nitrogens is 2. The lowest BCUT2D eigenvalue weighted by Crippen LogP contribution is -2.04. The van der Waals surface area contributed by atoms with Gasteiger partial charge in [-0.25, -0.2) is 4.79 Å². The molecular formula is C12H12BrIN2O3. The highest BCUT2D eigenvalue weighted by molar-refractivity contribution is 14.1. The number of aromatic carboxylic acids is 1. The molecule has 0 unspecified atom stereocenters. The van der Waals surface area contributed by atoms with E-state index in [9.17, 15) is 4.79 Å². The second-order valence-electron chi connectivity index (χ2n) is 4.02. The minimum atomic E-state index is -0.930. The van der Waals surface area contributed by atoms with Crippen molar-refractivity contribution < 1.29 is 14.6 Å². The van der Waals surface area contributed by atoms with Gasteiger partial charge in [-0.2, -0.15) is 5.10 Å². The van der Waals surface area contributed by atoms with Gasteiger partial charge in [-0.3, -0.25) is 4.68 Å². The van der Waals surface area contributed by atoms with Crippen LogP contribution in [-0.4, -0.2) is 34.6 Å². The monoisotopic (exact) mass is 438 g/mol. The summed E-state index contributed by atoms with van der Waals surface area (Å²) in [4.78, 5) is 11.1. The van der Waals surface area contributed by atoms with Crippen LogP contribution in [0.3, 0.4) is 0 Å². The van der Waals surface area contributed by atoms with E-state index in [0.29, 0.717) is 13.2 Å². The highest BCUT2D eigenvalue weighted by atomic mass is 127. The minimum Gasteiger partial charge on any atom is -0.478 e. The maximum Gasteiger partial charge on any atom is 0.335 e. The zero-order chi connectivity index (χ0) is 14.0. The number of fused-ring (bicyclic) bond motifs is 1. The van der Waals surface area contributed by atoms with Gasteiger partial charge in [0.05, 0.1) is 11.1 Å². The Hall–Kier alpha value is -0.670. The number of ether oxygens (including phenoxy) is 1. The van der Waals surface area contributed by atoms with Crippen molar-refractivity contribution >= 4 is 55.4 Å². The van der Waals surface area contributed by atoms with E-state index < -0.39 is 5.97 Å². The number of methoxy groups -OCH3 is 1. The van der Waals surface area contributed by atoms with Gasteiger partial charge in [0.2, 0.25) is 0 Å². The Morgan fingerprint density at radius 3 is 2.95 bits per heavy atom. The number of aryl methyl sites for hydroxylation is 1. The molecule has 0 aliphatic heterocycles. The summed E-state index contributed by atoms with van der Waals surface area (Å²) < 4.78 is 8.44. The minimum absolute atomic E-state index is 0.275. The number of rotatable bonds is 5. The molecule has 2 rings (SSSR count). The van der Waals surface area contributed by atoms with Gasteiger partial charge in [0, 0.05) is 29.2 Å². The molecule has 0 spiro atoms. The standard InChI is InChI=1S/C12H12BrIN2O3/c1-19-4-2-3-16-9-6-7(12(17)18)5-8(14)10(9)11(13)15-16/h5-6H,2-4H2,1H3,(H,17,18). The fraction of sp³-hybridized carbons (Fsp3) is 0.333. The summed E-state index contributed by atoms with van der Waals surface area (Å²) in [5.74, 6) is -0.930. The first-order valence-corrected chi connectivity index (χ1v) is 7.49. The average molecular weight is 439 g/mol. The van der Waals surface area contributed by atoms with E-state index in [1.807, 2.05) is 4.68 Å². The molecule has 0 saturated carbocycles. The van der Waals surface area contributed by atoms with Crippen LogP contribution in [0.4, 0.5) is 0 Å². The van der Waals surface area contributed by atoms with Crippen LogP contribution in [0.5, 0.6) is 0 Å². The largest absolute Gasteiger partial charge is 0.478 e. The van der Waals surface area contributed by atoms with Crippen LogP contribution in [0.25, 0.3) is 10.9 Å². The van der Waals surface area contributed by atoms with Crippen LogP contribution in [0.2, 0.25) is 0 Å². The summed E-state index contributed by atoms with van der Waals surface area (Å²) >= 11 is 5.55. The van der Waals surface area contributed by atoms with Crippen molar-refractivity contribution in [2.75, 3.05) is 13.7 Å². The van der Waals surface area contributed by atoms with Crippen LogP contribution in [0.15, 0.2) is 16.7 Å². The van der Waals surface area contributed by atoms with Crippen LogP contribution in [-0.2, 0) is 11.3 Å². The molecule has 0 radical (unpaired) electrons. The Morgan fingerprint density at radius 2 is 2.32 bits per heavy atom. The van der Waals surface area contributed by atoms with Crippen molar-refractivity contribution in [2.45, 2.75) is 13.0 Å². The molecule has 1 heterocycles. The van der Waals surface area contributed by atoms with Crippen molar-refractivity contribution in [3.05, 3.63) is 25.9 Å². The number of carboxylic acid groups (broad SMARTS) is 1. The van der Waals surface area contributed by atoms with Crippen molar-refractivity contribution in [2.24, 2.45) is 0 Å². The molecule has 1 aromatic heterocycles. The quantitative estimate of drug-likeness (QED) is 0.575. The zero-order valence-corrected chi connectivity index (χ0v) is 13.9. The van der Waals surface area contributed by atoms with Crippen molar-refractivity contribution in [3.8, 4) is 0 Å². The van der Waals surface area contributed by atoms with E-state index in [1.165, 1.54) is 0 Å². The van der Waals surface area contributed by atoms with E-state index in [1.54, 1.807) is 19.2 Å². The van der Waals surface area contributed by atoms with E-state index >= 15 is 0 Å². The van der Waals surface area contributed by atoms with Gasteiger partial charge in [0.25, 0.3) is 0 Å². The second-order valence-corrected chi connectivity index (χ2v) is 5.93. The Kier molecular flexibility index (Phi) is 4.80. The smallest absolute Gasteiger partial charge is 0.335 e. The summed E-state index contributed by atoms with van der Waals surface area (Å²) in [5.41, 5.74) is 1.10. The Labute approximate surface area is 132 Å². The fourth-order valence-electron chi connectivity index (χ4n) is 1.86. The summed E-state index contributed by atoms with van der Waals surface area (Å²) in [6.45, 7) is 1.34. The molecule has 2 aromatic rings. The SMILES string of the molecule is COCCCn1nc(Br)c2c(I)cc(C(=O)O)cc21. The van der Waals surface area contributed by atoms with Crippen LogP contribution in [0, 0.1) is 3.57 Å². The van der Waals surface area contributed by atoms with Gasteiger partial charge in [-0.1, -0.05) is 0 Å². The Morgan fingerprint density at radius 1 is 1.58 bits per heavy atom. The van der Waals surface area contributed by atoms with Crippen LogP contribution in [0.1, 0.15) is 16.8 Å². The zero-order valence-electron chi connectivity index (χ0n) is 10.2. The van der Waals surface area contributed by atoms with Crippen molar-refractivity contribution in [1.82, 2.24) is 9.78 Å². The van der Waals surface area contributed by atoms with E-state index in [4.69, 9.17) is 9.84 Å². The molecule has 0 saturated heterocycles. The maximum absolute atomic E-state index is 11.1. The number of carbonyl (C=O) groups is 1. The summed E-state index contributed by atoms with van der Waals surface area (Å²) in [6.07, 6.45) is 0.827. The normalized spacial score (nSPS) is 11.1. The molecule has 0 amide bonds. The third-order valence-electron chi connectivity index (χ3n) is 2.73. The maximum atomic E-state index is 11.1. The first-order valence-electron chi connectivity index (χ1n) is 5.62. The van der Waals surface area contributed by atoms with Crippen LogP contribution < -0.4 is 0 Å². The summed E-state index contributed by atoms with van der Waals surface area (Å²) in [6, 6.07) is 3.31. The van der Waals surface area contributed by atoms with Gasteiger partial charge < -0.3 is 9.84 Å². The molecule has 0 aliphatic carbocycles. The van der Waals surface area contributed by atoms with Gasteiger partial charge in [-0.15, -0.1) is 0 Å². The van der Waals surface area contributed by atoms with Gasteiger partial charge >= 0.3 is 5.97 Å². The molecule has 7 heteroatoms. The number of halogens is 2. The average Bonchev–Trinajstić information content (AvgIpc) is 2.67.